The van der Waals surface area contributed by atoms with E-state index in [0.717, 1.165) is 0 Å². The number of rotatable bonds is 4. The number of nitrogens with two attached hydrogens (primary N) is 1. The van der Waals surface area contributed by atoms with Gasteiger partial charge < -0.3 is 11.1 Å². The normalized spacial score (nSPS) is 12.1. The second-order valence-corrected chi connectivity index (χ2v) is 4.04. The fraction of sp³-hybridized carbons (Fsp3) is 0.250. The third kappa shape index (κ3) is 2.85. The molecule has 1 unspecified atom stereocenters. The number of carbonyl (C=O) groups is 1. The van der Waals surface area contributed by atoms with Crippen LogP contribution in [0.1, 0.15) is 17.4 Å². The maximum absolute atomic E-state index is 11.9. The maximum atomic E-state index is 11.9. The van der Waals surface area contributed by atoms with Gasteiger partial charge in [-0.2, -0.15) is 5.10 Å². The fourth-order valence-electron chi connectivity index (χ4n) is 1.63. The minimum Gasteiger partial charge on any atom is -0.397 e. The second-order valence-electron chi connectivity index (χ2n) is 4.04. The quantitative estimate of drug-likeness (QED) is 0.829. The Morgan fingerprint density at radius 1 is 1.50 bits per heavy atom. The maximum Gasteiger partial charge on any atom is 0.272 e. The van der Waals surface area contributed by atoms with Crippen molar-refractivity contribution in [1.82, 2.24) is 20.1 Å². The zero-order chi connectivity index (χ0) is 13.0. The SMILES string of the molecule is CC(Cn1cccn1)NC(=O)c1ncccc1N. The van der Waals surface area contributed by atoms with Crippen LogP contribution in [-0.4, -0.2) is 26.7 Å². The van der Waals surface area contributed by atoms with Crippen LogP contribution in [0.15, 0.2) is 36.8 Å². The lowest BCUT2D eigenvalue weighted by Crippen LogP contribution is -2.36. The number of nitrogens with one attached hydrogen (secondary N) is 1. The van der Waals surface area contributed by atoms with Crippen molar-refractivity contribution in [2.24, 2.45) is 0 Å². The highest BCUT2D eigenvalue weighted by atomic mass is 16.2. The van der Waals surface area contributed by atoms with Crippen molar-refractivity contribution in [3.8, 4) is 0 Å². The topological polar surface area (TPSA) is 85.8 Å². The lowest BCUT2D eigenvalue weighted by Gasteiger charge is -2.14. The first-order valence-electron chi connectivity index (χ1n) is 5.65. The fourth-order valence-corrected chi connectivity index (χ4v) is 1.63. The van der Waals surface area contributed by atoms with Crippen LogP contribution >= 0.6 is 0 Å². The molecular weight excluding hydrogens is 230 g/mol. The lowest BCUT2D eigenvalue weighted by atomic mass is 10.2. The predicted octanol–water partition coefficient (Wildman–Crippen LogP) is 0.679. The largest absolute Gasteiger partial charge is 0.397 e. The summed E-state index contributed by atoms with van der Waals surface area (Å²) in [6.07, 6.45) is 5.09. The number of hydrogen-bond donors (Lipinski definition) is 2. The van der Waals surface area contributed by atoms with Crippen molar-refractivity contribution in [3.63, 3.8) is 0 Å². The average Bonchev–Trinajstić information content (AvgIpc) is 2.82. The van der Waals surface area contributed by atoms with Crippen LogP contribution in [0, 0.1) is 0 Å². The van der Waals surface area contributed by atoms with Gasteiger partial charge in [-0.15, -0.1) is 0 Å². The van der Waals surface area contributed by atoms with E-state index in [9.17, 15) is 4.79 Å². The Hall–Kier alpha value is -2.37. The van der Waals surface area contributed by atoms with Crippen molar-refractivity contribution in [2.75, 3.05) is 5.73 Å². The lowest BCUT2D eigenvalue weighted by molar-refractivity contribution is 0.0932. The van der Waals surface area contributed by atoms with Gasteiger partial charge in [-0.3, -0.25) is 9.48 Å². The van der Waals surface area contributed by atoms with E-state index >= 15 is 0 Å². The van der Waals surface area contributed by atoms with Gasteiger partial charge in [0.1, 0.15) is 0 Å². The van der Waals surface area contributed by atoms with Gasteiger partial charge in [0.25, 0.3) is 5.91 Å². The molecule has 1 amide bonds. The summed E-state index contributed by atoms with van der Waals surface area (Å²) >= 11 is 0. The Kier molecular flexibility index (Phi) is 3.57. The monoisotopic (exact) mass is 245 g/mol. The zero-order valence-corrected chi connectivity index (χ0v) is 10.1. The van der Waals surface area contributed by atoms with E-state index in [-0.39, 0.29) is 17.6 Å². The molecule has 0 aliphatic carbocycles. The van der Waals surface area contributed by atoms with Crippen molar-refractivity contribution in [3.05, 3.63) is 42.5 Å². The number of aromatic nitrogens is 3. The Bertz CT molecular complexity index is 523. The number of nitrogens with zero attached hydrogens (tertiary/aromatic N) is 3. The summed E-state index contributed by atoms with van der Waals surface area (Å²) in [4.78, 5) is 15.9. The van der Waals surface area contributed by atoms with Crippen LogP contribution in [0.3, 0.4) is 0 Å². The van der Waals surface area contributed by atoms with Gasteiger partial charge in [0, 0.05) is 24.6 Å². The molecule has 0 saturated carbocycles. The van der Waals surface area contributed by atoms with Crippen LogP contribution in [0.2, 0.25) is 0 Å². The summed E-state index contributed by atoms with van der Waals surface area (Å²) in [5, 5.41) is 6.91. The van der Waals surface area contributed by atoms with Crippen LogP contribution in [0.4, 0.5) is 5.69 Å². The van der Waals surface area contributed by atoms with Gasteiger partial charge in [0.2, 0.25) is 0 Å². The summed E-state index contributed by atoms with van der Waals surface area (Å²) in [7, 11) is 0. The minimum absolute atomic E-state index is 0.0567. The number of amides is 1. The second kappa shape index (κ2) is 5.31. The first-order valence-corrected chi connectivity index (χ1v) is 5.65. The molecular formula is C12H15N5O. The van der Waals surface area contributed by atoms with E-state index < -0.39 is 0 Å². The zero-order valence-electron chi connectivity index (χ0n) is 10.1. The van der Waals surface area contributed by atoms with E-state index in [4.69, 9.17) is 5.73 Å². The van der Waals surface area contributed by atoms with Crippen LogP contribution in [-0.2, 0) is 6.54 Å². The highest BCUT2D eigenvalue weighted by molar-refractivity contribution is 5.97. The summed E-state index contributed by atoms with van der Waals surface area (Å²) in [5.74, 6) is -0.271. The minimum atomic E-state index is -0.271. The molecule has 0 aliphatic heterocycles. The molecule has 6 heteroatoms. The van der Waals surface area contributed by atoms with Gasteiger partial charge >= 0.3 is 0 Å². The van der Waals surface area contributed by atoms with Crippen molar-refractivity contribution < 1.29 is 4.79 Å². The molecule has 6 nitrogen and oxygen atoms in total. The van der Waals surface area contributed by atoms with E-state index in [0.29, 0.717) is 12.2 Å². The molecule has 2 aromatic heterocycles. The predicted molar refractivity (Wildman–Crippen MR) is 67.8 cm³/mol. The molecule has 2 aromatic rings. The third-order valence-corrected chi connectivity index (χ3v) is 2.45. The number of anilines is 1. The summed E-state index contributed by atoms with van der Waals surface area (Å²) in [5.41, 5.74) is 6.32. The molecule has 0 radical (unpaired) electrons. The van der Waals surface area contributed by atoms with Crippen molar-refractivity contribution in [1.29, 1.82) is 0 Å². The number of pyridine rings is 1. The first-order chi connectivity index (χ1) is 8.66. The summed E-state index contributed by atoms with van der Waals surface area (Å²) < 4.78 is 1.76. The molecule has 0 saturated heterocycles. The Labute approximate surface area is 105 Å². The van der Waals surface area contributed by atoms with Gasteiger partial charge in [0.05, 0.1) is 12.2 Å². The van der Waals surface area contributed by atoms with E-state index in [1.54, 1.807) is 29.2 Å². The third-order valence-electron chi connectivity index (χ3n) is 2.45. The summed E-state index contributed by atoms with van der Waals surface area (Å²) in [6, 6.07) is 5.13. The van der Waals surface area contributed by atoms with Crippen LogP contribution in [0.5, 0.6) is 0 Å². The van der Waals surface area contributed by atoms with Crippen LogP contribution < -0.4 is 11.1 Å². The smallest absolute Gasteiger partial charge is 0.272 e. The van der Waals surface area contributed by atoms with Crippen molar-refractivity contribution in [2.45, 2.75) is 19.5 Å². The number of carbonyl (C=O) groups excluding carboxylic acids is 1. The molecule has 18 heavy (non-hydrogen) atoms. The molecule has 0 bridgehead atoms. The Morgan fingerprint density at radius 2 is 2.33 bits per heavy atom. The molecule has 0 spiro atoms. The van der Waals surface area contributed by atoms with Crippen molar-refractivity contribution >= 4 is 11.6 Å². The average molecular weight is 245 g/mol. The first kappa shape index (κ1) is 12.1. The summed E-state index contributed by atoms with van der Waals surface area (Å²) in [6.45, 7) is 2.50. The Morgan fingerprint density at radius 3 is 3.00 bits per heavy atom. The van der Waals surface area contributed by atoms with E-state index in [1.807, 2.05) is 19.2 Å². The van der Waals surface area contributed by atoms with E-state index in [1.165, 1.54) is 0 Å². The molecule has 3 N–H and O–H groups in total. The molecule has 1 atom stereocenters. The molecule has 2 heterocycles. The molecule has 0 aliphatic rings. The Balaban J connectivity index is 1.97. The van der Waals surface area contributed by atoms with Gasteiger partial charge in [-0.05, 0) is 25.1 Å². The van der Waals surface area contributed by atoms with Gasteiger partial charge in [0.15, 0.2) is 5.69 Å². The van der Waals surface area contributed by atoms with E-state index in [2.05, 4.69) is 15.4 Å². The molecule has 94 valence electrons. The van der Waals surface area contributed by atoms with Gasteiger partial charge in [-0.1, -0.05) is 0 Å². The molecule has 2 rings (SSSR count). The number of nitrogen functional groups attached to an aromatic ring is 1. The standard InChI is InChI=1S/C12H15N5O/c1-9(8-17-7-3-6-15-17)16-12(18)11-10(13)4-2-5-14-11/h2-7,9H,8,13H2,1H3,(H,16,18). The highest BCUT2D eigenvalue weighted by Crippen LogP contribution is 2.06. The van der Waals surface area contributed by atoms with Gasteiger partial charge in [-0.25, -0.2) is 4.98 Å². The molecule has 0 aromatic carbocycles. The number of hydrogen-bond acceptors (Lipinski definition) is 4. The highest BCUT2D eigenvalue weighted by Gasteiger charge is 2.13. The van der Waals surface area contributed by atoms with Crippen LogP contribution in [0.25, 0.3) is 0 Å². The molecule has 0 fully saturated rings.